The van der Waals surface area contributed by atoms with Gasteiger partial charge in [0.05, 0.1) is 0 Å². The van der Waals surface area contributed by atoms with E-state index in [4.69, 9.17) is 5.14 Å². The molecule has 0 bridgehead atoms. The first kappa shape index (κ1) is 15.9. The Labute approximate surface area is 124 Å². The zero-order chi connectivity index (χ0) is 15.5. The summed E-state index contributed by atoms with van der Waals surface area (Å²) in [5, 5.41) is 4.93. The van der Waals surface area contributed by atoms with E-state index >= 15 is 0 Å². The Bertz CT molecular complexity index is 618. The van der Waals surface area contributed by atoms with Gasteiger partial charge in [-0.15, -0.1) is 0 Å². The summed E-state index contributed by atoms with van der Waals surface area (Å²) >= 11 is 0. The van der Waals surface area contributed by atoms with Crippen LogP contribution < -0.4 is 9.86 Å². The monoisotopic (exact) mass is 312 g/mol. The second kappa shape index (κ2) is 6.50. The van der Waals surface area contributed by atoms with E-state index in [9.17, 15) is 13.2 Å². The van der Waals surface area contributed by atoms with Crippen molar-refractivity contribution in [1.82, 2.24) is 14.6 Å². The number of nitrogens with zero attached hydrogens (tertiary/aromatic N) is 2. The van der Waals surface area contributed by atoms with Crippen molar-refractivity contribution in [2.45, 2.75) is 19.8 Å². The molecule has 3 N–H and O–H groups in total. The highest BCUT2D eigenvalue weighted by Crippen LogP contribution is 2.18. The molecule has 1 aliphatic rings. The summed E-state index contributed by atoms with van der Waals surface area (Å²) in [6, 6.07) is 3.45. The third kappa shape index (κ3) is 4.76. The van der Waals surface area contributed by atoms with Crippen LogP contribution >= 0.6 is 0 Å². The van der Waals surface area contributed by atoms with Crippen molar-refractivity contribution in [2.75, 3.05) is 19.6 Å². The van der Waals surface area contributed by atoms with Crippen LogP contribution in [0.25, 0.3) is 0 Å². The molecule has 1 saturated heterocycles. The summed E-state index contributed by atoms with van der Waals surface area (Å²) in [7, 11) is -3.68. The van der Waals surface area contributed by atoms with Crippen LogP contribution in [0.1, 0.15) is 28.9 Å². The van der Waals surface area contributed by atoms with E-state index in [0.29, 0.717) is 18.7 Å². The first-order chi connectivity index (χ1) is 9.85. The fraction of sp³-hybridized carbons (Fsp3) is 0.538. The summed E-state index contributed by atoms with van der Waals surface area (Å²) in [5.41, 5.74) is 1.41. The quantitative estimate of drug-likeness (QED) is 0.818. The van der Waals surface area contributed by atoms with Crippen molar-refractivity contribution in [3.63, 3.8) is 0 Å². The number of hydrogen-bond acceptors (Lipinski definition) is 4. The van der Waals surface area contributed by atoms with Crippen LogP contribution in [0.4, 0.5) is 0 Å². The van der Waals surface area contributed by atoms with Crippen molar-refractivity contribution in [2.24, 2.45) is 11.1 Å². The normalized spacial score (nSPS) is 19.5. The van der Waals surface area contributed by atoms with Crippen LogP contribution in [0, 0.1) is 12.8 Å². The summed E-state index contributed by atoms with van der Waals surface area (Å²) in [6.07, 6.45) is 3.35. The minimum atomic E-state index is -3.68. The predicted octanol–water partition coefficient (Wildman–Crippen LogP) is 0.0353. The average molecular weight is 312 g/mol. The van der Waals surface area contributed by atoms with Crippen LogP contribution in [0.2, 0.25) is 0 Å². The third-order valence-corrected chi connectivity index (χ3v) is 4.09. The van der Waals surface area contributed by atoms with Gasteiger partial charge >= 0.3 is 0 Å². The van der Waals surface area contributed by atoms with E-state index in [1.165, 1.54) is 0 Å². The Morgan fingerprint density at radius 1 is 1.57 bits per heavy atom. The van der Waals surface area contributed by atoms with E-state index in [1.807, 2.05) is 6.92 Å². The number of aryl methyl sites for hydroxylation is 1. The number of nitrogens with two attached hydrogens (primary N) is 1. The minimum absolute atomic E-state index is 0.0409. The lowest BCUT2D eigenvalue weighted by Crippen LogP contribution is -2.44. The van der Waals surface area contributed by atoms with Crippen LogP contribution in [-0.4, -0.2) is 43.8 Å². The van der Waals surface area contributed by atoms with Gasteiger partial charge in [-0.1, -0.05) is 0 Å². The topological polar surface area (TPSA) is 105 Å². The molecule has 0 spiro atoms. The zero-order valence-corrected chi connectivity index (χ0v) is 12.8. The van der Waals surface area contributed by atoms with Crippen molar-refractivity contribution < 1.29 is 13.2 Å². The molecule has 2 heterocycles. The van der Waals surface area contributed by atoms with Gasteiger partial charge in [0.2, 0.25) is 0 Å². The maximum absolute atomic E-state index is 12.4. The highest BCUT2D eigenvalue weighted by atomic mass is 32.2. The smallest absolute Gasteiger partial charge is 0.274 e. The maximum Gasteiger partial charge on any atom is 0.274 e. The number of nitrogens with one attached hydrogen (secondary N) is 1. The van der Waals surface area contributed by atoms with E-state index in [2.05, 4.69) is 9.71 Å². The fourth-order valence-corrected chi connectivity index (χ4v) is 2.98. The van der Waals surface area contributed by atoms with Gasteiger partial charge in [0.15, 0.2) is 0 Å². The molecule has 1 aromatic rings. The Balaban J connectivity index is 1.99. The molecule has 1 fully saturated rings. The molecule has 1 unspecified atom stereocenters. The molecule has 1 atom stereocenters. The van der Waals surface area contributed by atoms with Gasteiger partial charge in [0, 0.05) is 37.1 Å². The standard InChI is InChI=1S/C13H20N4O3S/c1-10-7-12(4-5-15-10)13(18)17-6-2-3-11(9-17)8-16-21(14,19)20/h4-5,7,11,16H,2-3,6,8-9H2,1H3,(H2,14,19,20). The molecule has 0 radical (unpaired) electrons. The summed E-state index contributed by atoms with van der Waals surface area (Å²) in [6.45, 7) is 3.32. The molecule has 2 rings (SSSR count). The van der Waals surface area contributed by atoms with Gasteiger partial charge in [-0.05, 0) is 37.8 Å². The largest absolute Gasteiger partial charge is 0.338 e. The second-order valence-corrected chi connectivity index (χ2v) is 6.72. The average Bonchev–Trinajstić information content (AvgIpc) is 2.44. The Morgan fingerprint density at radius 2 is 2.33 bits per heavy atom. The lowest BCUT2D eigenvalue weighted by atomic mass is 9.97. The number of hydrogen-bond donors (Lipinski definition) is 2. The summed E-state index contributed by atoms with van der Waals surface area (Å²) in [4.78, 5) is 18.3. The summed E-state index contributed by atoms with van der Waals surface area (Å²) < 4.78 is 24.2. The number of rotatable bonds is 4. The van der Waals surface area contributed by atoms with Crippen LogP contribution in [-0.2, 0) is 10.2 Å². The second-order valence-electron chi connectivity index (χ2n) is 5.34. The van der Waals surface area contributed by atoms with Gasteiger partial charge in [0.25, 0.3) is 16.1 Å². The summed E-state index contributed by atoms with van der Waals surface area (Å²) in [5.74, 6) is 0.0461. The van der Waals surface area contributed by atoms with Crippen molar-refractivity contribution >= 4 is 16.1 Å². The highest BCUT2D eigenvalue weighted by Gasteiger charge is 2.25. The highest BCUT2D eigenvalue weighted by molar-refractivity contribution is 7.87. The number of likely N-dealkylation sites (tertiary alicyclic amines) is 1. The number of carbonyl (C=O) groups is 1. The number of piperidine rings is 1. The molecule has 8 heteroatoms. The molecule has 0 aliphatic carbocycles. The first-order valence-corrected chi connectivity index (χ1v) is 8.39. The Kier molecular flexibility index (Phi) is 4.92. The lowest BCUT2D eigenvalue weighted by molar-refractivity contribution is 0.0676. The molecular weight excluding hydrogens is 292 g/mol. The molecule has 0 aromatic carbocycles. The number of aromatic nitrogens is 1. The van der Waals surface area contributed by atoms with Gasteiger partial charge in [-0.25, -0.2) is 9.86 Å². The SMILES string of the molecule is Cc1cc(C(=O)N2CCCC(CNS(N)(=O)=O)C2)ccn1. The van der Waals surface area contributed by atoms with E-state index < -0.39 is 10.2 Å². The molecule has 1 aromatic heterocycles. The predicted molar refractivity (Wildman–Crippen MR) is 78.7 cm³/mol. The van der Waals surface area contributed by atoms with Gasteiger partial charge < -0.3 is 4.90 Å². The van der Waals surface area contributed by atoms with Crippen molar-refractivity contribution in [3.8, 4) is 0 Å². The molecule has 1 amide bonds. The number of amides is 1. The number of carbonyl (C=O) groups excluding carboxylic acids is 1. The molecular formula is C13H20N4O3S. The number of pyridine rings is 1. The lowest BCUT2D eigenvalue weighted by Gasteiger charge is -2.32. The minimum Gasteiger partial charge on any atom is -0.338 e. The molecule has 7 nitrogen and oxygen atoms in total. The van der Waals surface area contributed by atoms with E-state index in [-0.39, 0.29) is 18.4 Å². The maximum atomic E-state index is 12.4. The Morgan fingerprint density at radius 3 is 3.00 bits per heavy atom. The van der Waals surface area contributed by atoms with Crippen LogP contribution in [0.15, 0.2) is 18.3 Å². The van der Waals surface area contributed by atoms with E-state index in [1.54, 1.807) is 23.2 Å². The zero-order valence-electron chi connectivity index (χ0n) is 11.9. The van der Waals surface area contributed by atoms with Crippen molar-refractivity contribution in [1.29, 1.82) is 0 Å². The first-order valence-electron chi connectivity index (χ1n) is 6.84. The molecule has 116 valence electrons. The molecule has 1 aliphatic heterocycles. The fourth-order valence-electron chi connectivity index (χ4n) is 2.51. The third-order valence-electron chi connectivity index (χ3n) is 3.52. The van der Waals surface area contributed by atoms with Gasteiger partial charge in [-0.3, -0.25) is 9.78 Å². The van der Waals surface area contributed by atoms with Crippen molar-refractivity contribution in [3.05, 3.63) is 29.6 Å². The van der Waals surface area contributed by atoms with Gasteiger partial charge in [0.1, 0.15) is 0 Å². The van der Waals surface area contributed by atoms with Gasteiger partial charge in [-0.2, -0.15) is 8.42 Å². The molecule has 0 saturated carbocycles. The van der Waals surface area contributed by atoms with Crippen LogP contribution in [0.3, 0.4) is 0 Å². The van der Waals surface area contributed by atoms with E-state index in [0.717, 1.165) is 18.5 Å². The Hall–Kier alpha value is -1.51. The molecule has 21 heavy (non-hydrogen) atoms. The van der Waals surface area contributed by atoms with Crippen LogP contribution in [0.5, 0.6) is 0 Å².